The van der Waals surface area contributed by atoms with Crippen LogP contribution in [0.25, 0.3) is 0 Å². The molecule has 2 aliphatic heterocycles. The number of hydrogen-bond donors (Lipinski definition) is 0. The van der Waals surface area contributed by atoms with Crippen LogP contribution in [0.15, 0.2) is 48.5 Å². The van der Waals surface area contributed by atoms with Crippen molar-refractivity contribution in [1.82, 2.24) is 0 Å². The van der Waals surface area contributed by atoms with Gasteiger partial charge in [0.05, 0.1) is 18.3 Å². The van der Waals surface area contributed by atoms with E-state index in [9.17, 15) is 4.79 Å². The van der Waals surface area contributed by atoms with Gasteiger partial charge >= 0.3 is 6.09 Å². The minimum Gasteiger partial charge on any atom is -0.489 e. The van der Waals surface area contributed by atoms with Gasteiger partial charge in [0.25, 0.3) is 0 Å². The third kappa shape index (κ3) is 3.07. The molecular weight excluding hydrogens is 318 g/mol. The van der Waals surface area contributed by atoms with E-state index in [-0.39, 0.29) is 18.2 Å². The number of rotatable bonds is 5. The zero-order chi connectivity index (χ0) is 17.2. The van der Waals surface area contributed by atoms with Crippen molar-refractivity contribution < 1.29 is 19.0 Å². The maximum atomic E-state index is 12.3. The predicted molar refractivity (Wildman–Crippen MR) is 93.9 cm³/mol. The number of anilines is 1. The van der Waals surface area contributed by atoms with Gasteiger partial charge in [-0.2, -0.15) is 0 Å². The Morgan fingerprint density at radius 2 is 2.04 bits per heavy atom. The second-order valence-corrected chi connectivity index (χ2v) is 6.42. The lowest BCUT2D eigenvalue weighted by Crippen LogP contribution is -2.41. The number of hydrogen-bond acceptors (Lipinski definition) is 4. The highest BCUT2D eigenvalue weighted by atomic mass is 16.6. The monoisotopic (exact) mass is 339 g/mol. The maximum absolute atomic E-state index is 12.3. The van der Waals surface area contributed by atoms with Crippen molar-refractivity contribution in [2.75, 3.05) is 18.6 Å². The number of benzene rings is 2. The lowest BCUT2D eigenvalue weighted by atomic mass is 9.94. The average molecular weight is 339 g/mol. The van der Waals surface area contributed by atoms with Gasteiger partial charge in [0.1, 0.15) is 18.5 Å². The summed E-state index contributed by atoms with van der Waals surface area (Å²) in [6.45, 7) is 0.963. The second-order valence-electron chi connectivity index (χ2n) is 6.42. The molecule has 130 valence electrons. The summed E-state index contributed by atoms with van der Waals surface area (Å²) in [5, 5.41) is 0. The molecule has 2 heterocycles. The highest BCUT2D eigenvalue weighted by Crippen LogP contribution is 2.38. The first-order chi connectivity index (χ1) is 12.3. The van der Waals surface area contributed by atoms with Crippen LogP contribution in [0.4, 0.5) is 10.5 Å². The van der Waals surface area contributed by atoms with E-state index in [1.165, 1.54) is 0 Å². The molecule has 25 heavy (non-hydrogen) atoms. The Morgan fingerprint density at radius 3 is 2.84 bits per heavy atom. The molecule has 1 saturated heterocycles. The van der Waals surface area contributed by atoms with Gasteiger partial charge < -0.3 is 14.2 Å². The molecule has 1 fully saturated rings. The summed E-state index contributed by atoms with van der Waals surface area (Å²) in [5.41, 5.74) is 3.18. The number of carbonyl (C=O) groups excluding carboxylic acids is 1. The zero-order valence-corrected chi connectivity index (χ0v) is 14.2. The summed E-state index contributed by atoms with van der Waals surface area (Å²) in [6, 6.07) is 16.0. The SMILES string of the molecule is COC[C@H]1OC(=O)N2c3ccc(OCc4ccccc4)cc3CC[C@@H]12. The Labute approximate surface area is 147 Å². The number of carbonyl (C=O) groups is 1. The van der Waals surface area contributed by atoms with Crippen LogP contribution in [-0.2, 0) is 22.5 Å². The first kappa shape index (κ1) is 16.0. The standard InChI is InChI=1S/C20H21NO4/c1-23-13-19-18-9-7-15-11-16(24-12-14-5-3-2-4-6-14)8-10-17(15)21(18)20(22)25-19/h2-6,8,10-11,18-19H,7,9,12-13H2,1H3/t18-,19+/m0/s1. The molecule has 5 nitrogen and oxygen atoms in total. The number of ether oxygens (including phenoxy) is 3. The fraction of sp³-hybridized carbons (Fsp3) is 0.350. The largest absolute Gasteiger partial charge is 0.489 e. The number of cyclic esters (lactones) is 1. The van der Waals surface area contributed by atoms with E-state index in [2.05, 4.69) is 0 Å². The zero-order valence-electron chi connectivity index (χ0n) is 14.2. The Hall–Kier alpha value is -2.53. The van der Waals surface area contributed by atoms with Crippen LogP contribution >= 0.6 is 0 Å². The maximum Gasteiger partial charge on any atom is 0.415 e. The Morgan fingerprint density at radius 1 is 1.20 bits per heavy atom. The highest BCUT2D eigenvalue weighted by molar-refractivity contribution is 5.92. The molecule has 2 aromatic rings. The molecule has 0 unspecified atom stereocenters. The van der Waals surface area contributed by atoms with E-state index >= 15 is 0 Å². The molecule has 0 spiro atoms. The molecule has 0 aromatic heterocycles. The molecule has 0 saturated carbocycles. The van der Waals surface area contributed by atoms with Crippen LogP contribution < -0.4 is 9.64 Å². The van der Waals surface area contributed by atoms with Crippen molar-refractivity contribution in [3.63, 3.8) is 0 Å². The Bertz CT molecular complexity index is 762. The van der Waals surface area contributed by atoms with Gasteiger partial charge in [0, 0.05) is 7.11 Å². The van der Waals surface area contributed by atoms with Crippen molar-refractivity contribution in [1.29, 1.82) is 0 Å². The fourth-order valence-electron chi connectivity index (χ4n) is 3.60. The Kier molecular flexibility index (Phi) is 4.32. The van der Waals surface area contributed by atoms with Gasteiger partial charge in [-0.3, -0.25) is 4.90 Å². The topological polar surface area (TPSA) is 48.0 Å². The van der Waals surface area contributed by atoms with Gasteiger partial charge in [0.15, 0.2) is 0 Å². The number of aryl methyl sites for hydroxylation is 1. The predicted octanol–water partition coefficient (Wildman–Crippen LogP) is 3.55. The summed E-state index contributed by atoms with van der Waals surface area (Å²) < 4.78 is 16.6. The van der Waals surface area contributed by atoms with Gasteiger partial charge in [-0.25, -0.2) is 4.79 Å². The van der Waals surface area contributed by atoms with E-state index in [0.29, 0.717) is 13.2 Å². The van der Waals surface area contributed by atoms with Crippen LogP contribution in [0, 0.1) is 0 Å². The second kappa shape index (κ2) is 6.76. The molecule has 2 aliphatic rings. The summed E-state index contributed by atoms with van der Waals surface area (Å²) in [6.07, 6.45) is 1.29. The third-order valence-corrected chi connectivity index (χ3v) is 4.81. The molecule has 1 amide bonds. The molecule has 0 radical (unpaired) electrons. The normalized spacial score (nSPS) is 21.5. The van der Waals surface area contributed by atoms with E-state index < -0.39 is 0 Å². The van der Waals surface area contributed by atoms with Crippen molar-refractivity contribution in [3.05, 3.63) is 59.7 Å². The van der Waals surface area contributed by atoms with Gasteiger partial charge in [-0.05, 0) is 42.2 Å². The van der Waals surface area contributed by atoms with Crippen LogP contribution in [0.2, 0.25) is 0 Å². The third-order valence-electron chi connectivity index (χ3n) is 4.81. The van der Waals surface area contributed by atoms with Crippen molar-refractivity contribution in [2.24, 2.45) is 0 Å². The first-order valence-corrected chi connectivity index (χ1v) is 8.54. The number of nitrogens with zero attached hydrogens (tertiary/aromatic N) is 1. The van der Waals surface area contributed by atoms with E-state index in [1.54, 1.807) is 12.0 Å². The van der Waals surface area contributed by atoms with Gasteiger partial charge in [0.2, 0.25) is 0 Å². The number of methoxy groups -OCH3 is 1. The average Bonchev–Trinajstić information content (AvgIpc) is 2.97. The summed E-state index contributed by atoms with van der Waals surface area (Å²) >= 11 is 0. The molecule has 5 heteroatoms. The molecule has 2 atom stereocenters. The molecule has 0 bridgehead atoms. The minimum absolute atomic E-state index is 0.0519. The smallest absolute Gasteiger partial charge is 0.415 e. The van der Waals surface area contributed by atoms with Crippen molar-refractivity contribution >= 4 is 11.8 Å². The van der Waals surface area contributed by atoms with Crippen molar-refractivity contribution in [2.45, 2.75) is 31.6 Å². The summed E-state index contributed by atoms with van der Waals surface area (Å²) in [5.74, 6) is 0.821. The minimum atomic E-state index is -0.286. The molecule has 2 aromatic carbocycles. The van der Waals surface area contributed by atoms with Crippen LogP contribution in [0.3, 0.4) is 0 Å². The molecule has 4 rings (SSSR count). The lowest BCUT2D eigenvalue weighted by Gasteiger charge is -2.31. The van der Waals surface area contributed by atoms with Crippen LogP contribution in [0.5, 0.6) is 5.75 Å². The van der Waals surface area contributed by atoms with Gasteiger partial charge in [-0.1, -0.05) is 30.3 Å². The number of fused-ring (bicyclic) bond motifs is 3. The fourth-order valence-corrected chi connectivity index (χ4v) is 3.60. The van der Waals surface area contributed by atoms with Crippen LogP contribution in [-0.4, -0.2) is 32.0 Å². The van der Waals surface area contributed by atoms with E-state index in [0.717, 1.165) is 35.4 Å². The summed E-state index contributed by atoms with van der Waals surface area (Å²) in [7, 11) is 1.63. The Balaban J connectivity index is 1.51. The van der Waals surface area contributed by atoms with Gasteiger partial charge in [-0.15, -0.1) is 0 Å². The van der Waals surface area contributed by atoms with E-state index in [1.807, 2.05) is 48.5 Å². The highest BCUT2D eigenvalue weighted by Gasteiger charge is 2.45. The lowest BCUT2D eigenvalue weighted by molar-refractivity contribution is 0.0580. The molecule has 0 N–H and O–H groups in total. The van der Waals surface area contributed by atoms with E-state index in [4.69, 9.17) is 14.2 Å². The van der Waals surface area contributed by atoms with Crippen molar-refractivity contribution in [3.8, 4) is 5.75 Å². The molecular formula is C20H21NO4. The summed E-state index contributed by atoms with van der Waals surface area (Å²) in [4.78, 5) is 14.0. The number of amides is 1. The van der Waals surface area contributed by atoms with Crippen LogP contribution in [0.1, 0.15) is 17.5 Å². The first-order valence-electron chi connectivity index (χ1n) is 8.54. The quantitative estimate of drug-likeness (QED) is 0.836. The molecule has 0 aliphatic carbocycles.